The summed E-state index contributed by atoms with van der Waals surface area (Å²) in [5.41, 5.74) is -0.948. The van der Waals surface area contributed by atoms with Gasteiger partial charge in [0.25, 0.3) is 5.89 Å². The Labute approximate surface area is 132 Å². The van der Waals surface area contributed by atoms with Crippen molar-refractivity contribution in [2.75, 3.05) is 5.32 Å². The molecule has 2 amide bonds. The van der Waals surface area contributed by atoms with Crippen LogP contribution >= 0.6 is 11.5 Å². The average Bonchev–Trinajstić information content (AvgIpc) is 2.96. The Balaban J connectivity index is 2.02. The number of aryl methyl sites for hydroxylation is 1. The summed E-state index contributed by atoms with van der Waals surface area (Å²) in [6.07, 6.45) is 0. The van der Waals surface area contributed by atoms with Crippen LogP contribution in [0.2, 0.25) is 0 Å². The molecule has 0 fully saturated rings. The highest BCUT2D eigenvalue weighted by molar-refractivity contribution is 7.09. The van der Waals surface area contributed by atoms with E-state index >= 15 is 0 Å². The first-order valence-corrected chi connectivity index (χ1v) is 7.59. The van der Waals surface area contributed by atoms with Gasteiger partial charge in [-0.3, -0.25) is 5.32 Å². The fourth-order valence-electron chi connectivity index (χ4n) is 1.60. The van der Waals surface area contributed by atoms with Crippen LogP contribution in [0, 0.1) is 6.92 Å². The normalized spacial score (nSPS) is 12.3. The lowest BCUT2D eigenvalue weighted by molar-refractivity contribution is 0.228. The lowest BCUT2D eigenvalue weighted by Crippen LogP contribution is -2.43. The van der Waals surface area contributed by atoms with E-state index < -0.39 is 11.6 Å². The van der Waals surface area contributed by atoms with Crippen molar-refractivity contribution in [1.29, 1.82) is 0 Å². The lowest BCUT2D eigenvalue weighted by Gasteiger charge is -2.21. The number of amides is 2. The van der Waals surface area contributed by atoms with E-state index in [0.29, 0.717) is 22.7 Å². The maximum absolute atomic E-state index is 12.1. The standard InChI is InChI=1S/C13H20N6O2S/c1-7-14-9(21-18-7)13(5,6)17-10(20)16-11-15-8(19-22-11)12(2,3)4/h1-6H3,(H2,15,16,17,19,20). The summed E-state index contributed by atoms with van der Waals surface area (Å²) in [6, 6.07) is -0.405. The van der Waals surface area contributed by atoms with Crippen molar-refractivity contribution >= 4 is 22.7 Å². The number of urea groups is 1. The number of anilines is 1. The van der Waals surface area contributed by atoms with Gasteiger partial charge in [-0.1, -0.05) is 25.9 Å². The summed E-state index contributed by atoms with van der Waals surface area (Å²) in [7, 11) is 0. The van der Waals surface area contributed by atoms with Gasteiger partial charge in [-0.05, 0) is 20.8 Å². The van der Waals surface area contributed by atoms with E-state index in [2.05, 4.69) is 30.1 Å². The van der Waals surface area contributed by atoms with Gasteiger partial charge >= 0.3 is 6.03 Å². The second-order valence-electron chi connectivity index (χ2n) is 6.52. The van der Waals surface area contributed by atoms with Crippen molar-refractivity contribution in [3.63, 3.8) is 0 Å². The van der Waals surface area contributed by atoms with Crippen LogP contribution in [-0.4, -0.2) is 25.5 Å². The minimum Gasteiger partial charge on any atom is -0.337 e. The van der Waals surface area contributed by atoms with E-state index in [1.165, 1.54) is 0 Å². The first kappa shape index (κ1) is 16.3. The molecule has 0 saturated heterocycles. The summed E-state index contributed by atoms with van der Waals surface area (Å²) in [5.74, 6) is 1.55. The Hall–Kier alpha value is -2.03. The van der Waals surface area contributed by atoms with Crippen LogP contribution in [0.1, 0.15) is 52.2 Å². The van der Waals surface area contributed by atoms with Crippen molar-refractivity contribution < 1.29 is 9.32 Å². The van der Waals surface area contributed by atoms with Gasteiger partial charge in [-0.25, -0.2) is 9.78 Å². The number of carbonyl (C=O) groups excluding carboxylic acids is 1. The molecule has 0 bridgehead atoms. The summed E-state index contributed by atoms with van der Waals surface area (Å²) in [4.78, 5) is 20.5. The fraction of sp³-hybridized carbons (Fsp3) is 0.615. The molecule has 2 aromatic rings. The lowest BCUT2D eigenvalue weighted by atomic mass is 9.96. The van der Waals surface area contributed by atoms with E-state index in [1.54, 1.807) is 20.8 Å². The molecule has 120 valence electrons. The van der Waals surface area contributed by atoms with Gasteiger partial charge in [0.2, 0.25) is 5.13 Å². The molecule has 0 aromatic carbocycles. The van der Waals surface area contributed by atoms with E-state index in [4.69, 9.17) is 4.52 Å². The van der Waals surface area contributed by atoms with Crippen molar-refractivity contribution in [2.24, 2.45) is 0 Å². The zero-order valence-electron chi connectivity index (χ0n) is 13.5. The molecule has 22 heavy (non-hydrogen) atoms. The second kappa shape index (κ2) is 5.64. The molecular formula is C13H20N6O2S. The molecule has 0 aliphatic carbocycles. The molecule has 0 aliphatic rings. The Bertz CT molecular complexity index is 670. The van der Waals surface area contributed by atoms with Crippen molar-refractivity contribution in [1.82, 2.24) is 24.8 Å². The van der Waals surface area contributed by atoms with Gasteiger partial charge < -0.3 is 9.84 Å². The number of nitrogens with one attached hydrogen (secondary N) is 2. The van der Waals surface area contributed by atoms with Crippen LogP contribution < -0.4 is 10.6 Å². The van der Waals surface area contributed by atoms with Crippen LogP contribution in [0.3, 0.4) is 0 Å². The van der Waals surface area contributed by atoms with Gasteiger partial charge in [0.1, 0.15) is 11.4 Å². The summed E-state index contributed by atoms with van der Waals surface area (Å²) >= 11 is 1.15. The van der Waals surface area contributed by atoms with E-state index in [-0.39, 0.29) is 5.41 Å². The third-order valence-electron chi connectivity index (χ3n) is 2.81. The van der Waals surface area contributed by atoms with Crippen LogP contribution in [0.5, 0.6) is 0 Å². The Morgan fingerprint density at radius 1 is 1.18 bits per heavy atom. The van der Waals surface area contributed by atoms with Crippen molar-refractivity contribution in [3.8, 4) is 0 Å². The number of aromatic nitrogens is 4. The predicted molar refractivity (Wildman–Crippen MR) is 82.8 cm³/mol. The van der Waals surface area contributed by atoms with Gasteiger partial charge in [-0.2, -0.15) is 9.36 Å². The monoisotopic (exact) mass is 324 g/mol. The molecule has 0 saturated carbocycles. The molecule has 2 heterocycles. The quantitative estimate of drug-likeness (QED) is 0.899. The van der Waals surface area contributed by atoms with Gasteiger partial charge in [-0.15, -0.1) is 0 Å². The largest absolute Gasteiger partial charge is 0.337 e. The van der Waals surface area contributed by atoms with E-state index in [0.717, 1.165) is 11.5 Å². The first-order chi connectivity index (χ1) is 10.1. The maximum Gasteiger partial charge on any atom is 0.321 e. The van der Waals surface area contributed by atoms with Gasteiger partial charge in [0, 0.05) is 16.9 Å². The zero-order chi connectivity index (χ0) is 16.5. The van der Waals surface area contributed by atoms with E-state index in [1.807, 2.05) is 20.8 Å². The Morgan fingerprint density at radius 3 is 2.36 bits per heavy atom. The smallest absolute Gasteiger partial charge is 0.321 e. The third-order valence-corrected chi connectivity index (χ3v) is 3.44. The topological polar surface area (TPSA) is 106 Å². The molecule has 0 atom stereocenters. The third kappa shape index (κ3) is 3.79. The van der Waals surface area contributed by atoms with E-state index in [9.17, 15) is 4.79 Å². The Morgan fingerprint density at radius 2 is 1.86 bits per heavy atom. The predicted octanol–water partition coefficient (Wildman–Crippen LogP) is 2.58. The number of rotatable bonds is 3. The molecule has 0 radical (unpaired) electrons. The number of hydrogen-bond donors (Lipinski definition) is 2. The van der Waals surface area contributed by atoms with Crippen LogP contribution in [-0.2, 0) is 11.0 Å². The van der Waals surface area contributed by atoms with Crippen LogP contribution in [0.4, 0.5) is 9.93 Å². The number of carbonyl (C=O) groups is 1. The maximum atomic E-state index is 12.1. The first-order valence-electron chi connectivity index (χ1n) is 6.82. The van der Waals surface area contributed by atoms with Crippen molar-refractivity contribution in [2.45, 2.75) is 52.5 Å². The number of nitrogens with zero attached hydrogens (tertiary/aromatic N) is 4. The number of hydrogen-bond acceptors (Lipinski definition) is 7. The molecule has 0 unspecified atom stereocenters. The summed E-state index contributed by atoms with van der Waals surface area (Å²) in [5, 5.41) is 9.62. The average molecular weight is 324 g/mol. The fourth-order valence-corrected chi connectivity index (χ4v) is 2.35. The molecule has 2 aromatic heterocycles. The van der Waals surface area contributed by atoms with Crippen molar-refractivity contribution in [3.05, 3.63) is 17.5 Å². The highest BCUT2D eigenvalue weighted by Crippen LogP contribution is 2.23. The van der Waals surface area contributed by atoms with Gasteiger partial charge in [0.05, 0.1) is 0 Å². The molecule has 9 heteroatoms. The minimum absolute atomic E-state index is 0.159. The SMILES string of the molecule is Cc1noc(C(C)(C)NC(=O)Nc2nc(C(C)(C)C)ns2)n1. The van der Waals surface area contributed by atoms with Gasteiger partial charge in [0.15, 0.2) is 5.82 Å². The molecule has 2 rings (SSSR count). The molecule has 2 N–H and O–H groups in total. The molecule has 0 aliphatic heterocycles. The van der Waals surface area contributed by atoms with Crippen LogP contribution in [0.15, 0.2) is 4.52 Å². The minimum atomic E-state index is -0.789. The highest BCUT2D eigenvalue weighted by atomic mass is 32.1. The second-order valence-corrected chi connectivity index (χ2v) is 7.28. The zero-order valence-corrected chi connectivity index (χ0v) is 14.3. The summed E-state index contributed by atoms with van der Waals surface area (Å²) in [6.45, 7) is 11.3. The molecule has 8 nitrogen and oxygen atoms in total. The van der Waals surface area contributed by atoms with Crippen LogP contribution in [0.25, 0.3) is 0 Å². The Kier molecular flexibility index (Phi) is 4.19. The molecular weight excluding hydrogens is 304 g/mol. The molecule has 0 spiro atoms. The highest BCUT2D eigenvalue weighted by Gasteiger charge is 2.29. The summed E-state index contributed by atoms with van der Waals surface area (Å²) < 4.78 is 9.35.